The van der Waals surface area contributed by atoms with E-state index in [2.05, 4.69) is 5.32 Å². The van der Waals surface area contributed by atoms with Crippen LogP contribution < -0.4 is 5.32 Å². The first kappa shape index (κ1) is 13.9. The molecular weight excluding hydrogens is 296 g/mol. The van der Waals surface area contributed by atoms with Crippen molar-refractivity contribution in [3.63, 3.8) is 0 Å². The van der Waals surface area contributed by atoms with Gasteiger partial charge in [-0.15, -0.1) is 0 Å². The van der Waals surface area contributed by atoms with Crippen LogP contribution >= 0.6 is 23.2 Å². The van der Waals surface area contributed by atoms with E-state index in [9.17, 15) is 4.39 Å². The lowest BCUT2D eigenvalue weighted by Gasteiger charge is -2.43. The molecule has 0 amide bonds. The molecule has 0 aliphatic carbocycles. The lowest BCUT2D eigenvalue weighted by atomic mass is 9.71. The summed E-state index contributed by atoms with van der Waals surface area (Å²) in [6, 6.07) is 12.5. The van der Waals surface area contributed by atoms with Crippen LogP contribution in [0.1, 0.15) is 11.1 Å². The van der Waals surface area contributed by atoms with Gasteiger partial charge in [0, 0.05) is 18.5 Å². The fourth-order valence-electron chi connectivity index (χ4n) is 2.72. The van der Waals surface area contributed by atoms with Crippen molar-refractivity contribution in [2.75, 3.05) is 13.1 Å². The van der Waals surface area contributed by atoms with Crippen LogP contribution in [0.4, 0.5) is 4.39 Å². The largest absolute Gasteiger partial charge is 0.315 e. The molecule has 0 spiro atoms. The minimum absolute atomic E-state index is 0.0563. The first-order valence-corrected chi connectivity index (χ1v) is 7.25. The third-order valence-corrected chi connectivity index (χ3v) is 4.63. The Morgan fingerprint density at radius 1 is 1.05 bits per heavy atom. The van der Waals surface area contributed by atoms with E-state index in [0.29, 0.717) is 10.0 Å². The van der Waals surface area contributed by atoms with Crippen LogP contribution in [-0.2, 0) is 11.8 Å². The molecule has 1 fully saturated rings. The molecule has 1 N–H and O–H groups in total. The summed E-state index contributed by atoms with van der Waals surface area (Å²) in [4.78, 5) is 0. The summed E-state index contributed by atoms with van der Waals surface area (Å²) in [6.07, 6.45) is 0.820. The van der Waals surface area contributed by atoms with Crippen molar-refractivity contribution in [2.45, 2.75) is 11.8 Å². The van der Waals surface area contributed by atoms with E-state index in [1.807, 2.05) is 24.3 Å². The van der Waals surface area contributed by atoms with Gasteiger partial charge in [0.2, 0.25) is 0 Å². The number of halogens is 3. The summed E-state index contributed by atoms with van der Waals surface area (Å²) < 4.78 is 13.5. The van der Waals surface area contributed by atoms with Gasteiger partial charge < -0.3 is 5.32 Å². The Morgan fingerprint density at radius 2 is 1.85 bits per heavy atom. The van der Waals surface area contributed by atoms with E-state index < -0.39 is 0 Å². The Balaban J connectivity index is 1.91. The van der Waals surface area contributed by atoms with Gasteiger partial charge in [-0.2, -0.15) is 0 Å². The molecule has 0 unspecified atom stereocenters. The van der Waals surface area contributed by atoms with E-state index in [0.717, 1.165) is 30.6 Å². The fraction of sp³-hybridized carbons (Fsp3) is 0.250. The molecule has 0 radical (unpaired) electrons. The smallest absolute Gasteiger partial charge is 0.123 e. The van der Waals surface area contributed by atoms with E-state index in [-0.39, 0.29) is 11.2 Å². The van der Waals surface area contributed by atoms with Crippen molar-refractivity contribution in [1.82, 2.24) is 5.32 Å². The molecule has 1 heterocycles. The molecule has 1 aliphatic rings. The van der Waals surface area contributed by atoms with Gasteiger partial charge in [0.15, 0.2) is 0 Å². The minimum atomic E-state index is -0.192. The summed E-state index contributed by atoms with van der Waals surface area (Å²) in [5.41, 5.74) is 2.09. The maximum Gasteiger partial charge on any atom is 0.123 e. The van der Waals surface area contributed by atoms with Crippen LogP contribution in [0.15, 0.2) is 42.5 Å². The molecular formula is C16H14Cl2FN. The molecule has 3 rings (SSSR count). The van der Waals surface area contributed by atoms with Crippen LogP contribution in [0.3, 0.4) is 0 Å². The minimum Gasteiger partial charge on any atom is -0.315 e. The molecule has 2 aromatic carbocycles. The van der Waals surface area contributed by atoms with Gasteiger partial charge in [0.05, 0.1) is 10.0 Å². The average molecular weight is 310 g/mol. The summed E-state index contributed by atoms with van der Waals surface area (Å²) >= 11 is 12.0. The molecule has 104 valence electrons. The van der Waals surface area contributed by atoms with Gasteiger partial charge >= 0.3 is 0 Å². The molecule has 1 saturated heterocycles. The summed E-state index contributed by atoms with van der Waals surface area (Å²) in [5.74, 6) is -0.192. The zero-order valence-corrected chi connectivity index (χ0v) is 12.3. The maximum absolute atomic E-state index is 13.5. The SMILES string of the molecule is Fc1cccc(C2(Cc3ccc(Cl)c(Cl)c3)CNC2)c1. The van der Waals surface area contributed by atoms with Crippen LogP contribution in [0, 0.1) is 5.82 Å². The van der Waals surface area contributed by atoms with Crippen molar-refractivity contribution in [3.05, 3.63) is 69.5 Å². The van der Waals surface area contributed by atoms with Crippen molar-refractivity contribution >= 4 is 23.2 Å². The van der Waals surface area contributed by atoms with Crippen LogP contribution in [0.25, 0.3) is 0 Å². The maximum atomic E-state index is 13.5. The molecule has 0 atom stereocenters. The molecule has 1 nitrogen and oxygen atoms in total. The number of hydrogen-bond donors (Lipinski definition) is 1. The topological polar surface area (TPSA) is 12.0 Å². The molecule has 20 heavy (non-hydrogen) atoms. The van der Waals surface area contributed by atoms with Gasteiger partial charge in [-0.05, 0) is 41.8 Å². The van der Waals surface area contributed by atoms with Gasteiger partial charge in [0.25, 0.3) is 0 Å². The zero-order chi connectivity index (χ0) is 14.2. The monoisotopic (exact) mass is 309 g/mol. The normalized spacial score (nSPS) is 16.8. The summed E-state index contributed by atoms with van der Waals surface area (Å²) in [6.45, 7) is 1.69. The quantitative estimate of drug-likeness (QED) is 0.895. The third-order valence-electron chi connectivity index (χ3n) is 3.89. The lowest BCUT2D eigenvalue weighted by Crippen LogP contribution is -2.58. The highest BCUT2D eigenvalue weighted by molar-refractivity contribution is 6.42. The molecule has 0 saturated carbocycles. The van der Waals surface area contributed by atoms with Gasteiger partial charge in [0.1, 0.15) is 5.82 Å². The van der Waals surface area contributed by atoms with Crippen molar-refractivity contribution in [2.24, 2.45) is 0 Å². The Morgan fingerprint density at radius 3 is 2.45 bits per heavy atom. The van der Waals surface area contributed by atoms with E-state index in [1.165, 1.54) is 6.07 Å². The summed E-state index contributed by atoms with van der Waals surface area (Å²) in [5, 5.41) is 4.40. The number of nitrogens with one attached hydrogen (secondary N) is 1. The standard InChI is InChI=1S/C16H14Cl2FN/c17-14-5-4-11(6-15(14)18)8-16(9-20-10-16)12-2-1-3-13(19)7-12/h1-7,20H,8-10H2. The van der Waals surface area contributed by atoms with E-state index in [4.69, 9.17) is 23.2 Å². The Kier molecular flexibility index (Phi) is 3.72. The van der Waals surface area contributed by atoms with Gasteiger partial charge in [-0.3, -0.25) is 0 Å². The molecule has 4 heteroatoms. The Hall–Kier alpha value is -1.09. The van der Waals surface area contributed by atoms with Crippen LogP contribution in [0.2, 0.25) is 10.0 Å². The van der Waals surface area contributed by atoms with Crippen molar-refractivity contribution < 1.29 is 4.39 Å². The Bertz CT molecular complexity index is 638. The highest BCUT2D eigenvalue weighted by Gasteiger charge is 2.38. The first-order valence-electron chi connectivity index (χ1n) is 6.50. The fourth-order valence-corrected chi connectivity index (χ4v) is 3.04. The van der Waals surface area contributed by atoms with E-state index >= 15 is 0 Å². The van der Waals surface area contributed by atoms with Crippen molar-refractivity contribution in [1.29, 1.82) is 0 Å². The van der Waals surface area contributed by atoms with Gasteiger partial charge in [-0.1, -0.05) is 41.4 Å². The molecule has 1 aliphatic heterocycles. The number of rotatable bonds is 3. The lowest BCUT2D eigenvalue weighted by molar-refractivity contribution is 0.274. The highest BCUT2D eigenvalue weighted by atomic mass is 35.5. The second-order valence-electron chi connectivity index (χ2n) is 5.32. The van der Waals surface area contributed by atoms with E-state index in [1.54, 1.807) is 12.1 Å². The highest BCUT2D eigenvalue weighted by Crippen LogP contribution is 2.34. The second kappa shape index (κ2) is 5.36. The molecule has 0 aromatic heterocycles. The molecule has 0 bridgehead atoms. The number of hydrogen-bond acceptors (Lipinski definition) is 1. The second-order valence-corrected chi connectivity index (χ2v) is 6.13. The predicted molar refractivity (Wildman–Crippen MR) is 81.1 cm³/mol. The molecule has 2 aromatic rings. The predicted octanol–water partition coefficient (Wildman–Crippen LogP) is 4.22. The van der Waals surface area contributed by atoms with Gasteiger partial charge in [-0.25, -0.2) is 4.39 Å². The van der Waals surface area contributed by atoms with Crippen molar-refractivity contribution in [3.8, 4) is 0 Å². The Labute approximate surface area is 127 Å². The van der Waals surface area contributed by atoms with Crippen LogP contribution in [-0.4, -0.2) is 13.1 Å². The van der Waals surface area contributed by atoms with Crippen LogP contribution in [0.5, 0.6) is 0 Å². The summed E-state index contributed by atoms with van der Waals surface area (Å²) in [7, 11) is 0. The first-order chi connectivity index (χ1) is 9.59. The third kappa shape index (κ3) is 2.56. The number of benzene rings is 2. The average Bonchev–Trinajstić information content (AvgIpc) is 2.38. The zero-order valence-electron chi connectivity index (χ0n) is 10.8.